The fraction of sp³-hybridized carbons (Fsp3) is 0.758. The molecule has 10 heteroatoms. The van der Waals surface area contributed by atoms with Gasteiger partial charge in [0.25, 0.3) is 0 Å². The van der Waals surface area contributed by atoms with Crippen LogP contribution in [0.1, 0.15) is 120 Å². The first-order valence-corrected chi connectivity index (χ1v) is 15.8. The van der Waals surface area contributed by atoms with Crippen molar-refractivity contribution in [3.63, 3.8) is 0 Å². The summed E-state index contributed by atoms with van der Waals surface area (Å²) in [6.07, 6.45) is 4.69. The fourth-order valence-electron chi connectivity index (χ4n) is 5.65. The second kappa shape index (κ2) is 13.1. The Morgan fingerprint density at radius 1 is 0.744 bits per heavy atom. The van der Waals surface area contributed by atoms with Crippen LogP contribution >= 0.6 is 0 Å². The fourth-order valence-corrected chi connectivity index (χ4v) is 5.65. The molecule has 0 aliphatic carbocycles. The van der Waals surface area contributed by atoms with E-state index in [1.165, 1.54) is 6.42 Å². The number of piperidine rings is 1. The molecule has 10 nitrogen and oxygen atoms in total. The highest BCUT2D eigenvalue weighted by Gasteiger charge is 2.40. The highest BCUT2D eigenvalue weighted by molar-refractivity contribution is 5.97. The lowest BCUT2D eigenvalue weighted by Crippen LogP contribution is -2.55. The number of rotatable bonds is 6. The lowest BCUT2D eigenvalue weighted by molar-refractivity contribution is -0.127. The minimum Gasteiger partial charge on any atom is -0.359 e. The summed E-state index contributed by atoms with van der Waals surface area (Å²) in [6.45, 7) is 27.5. The molecule has 0 aromatic carbocycles. The van der Waals surface area contributed by atoms with Crippen molar-refractivity contribution in [2.45, 2.75) is 137 Å². The number of aromatic nitrogens is 2. The van der Waals surface area contributed by atoms with Crippen LogP contribution in [-0.4, -0.2) is 68.7 Å². The summed E-state index contributed by atoms with van der Waals surface area (Å²) in [4.78, 5) is 29.8. The molecule has 0 radical (unpaired) electrons. The van der Waals surface area contributed by atoms with E-state index < -0.39 is 11.1 Å². The molecule has 2 aromatic heterocycles. The normalized spacial score (nSPS) is 20.8. The lowest BCUT2D eigenvalue weighted by Gasteiger charge is -2.41. The van der Waals surface area contributed by atoms with Crippen molar-refractivity contribution in [2.75, 3.05) is 30.3 Å². The van der Waals surface area contributed by atoms with Crippen LogP contribution in [0, 0.1) is 5.92 Å². The largest absolute Gasteiger partial charge is 0.359 e. The topological polar surface area (TPSA) is 117 Å². The van der Waals surface area contributed by atoms with Crippen molar-refractivity contribution in [2.24, 2.45) is 5.92 Å². The van der Waals surface area contributed by atoms with Gasteiger partial charge in [-0.3, -0.25) is 19.4 Å². The average Bonchev–Trinajstić information content (AvgIpc) is 3.65. The van der Waals surface area contributed by atoms with Gasteiger partial charge in [-0.1, -0.05) is 58.8 Å². The smallest absolute Gasteiger partial charge is 0.245 e. The molecule has 0 spiro atoms. The minimum absolute atomic E-state index is 0.0321. The SMILES string of the molecule is CC1CCCN(C(C)(C)C(=O)Nc2cc(C(C)(C)C)on2)C1.CC1CCCN1C(C)(C)C(=O)Nc1cc(C(C)(C)C)on1. The number of carbonyl (C=O) groups is 2. The molecule has 242 valence electrons. The molecular weight excluding hydrogens is 544 g/mol. The molecule has 2 fully saturated rings. The lowest BCUT2D eigenvalue weighted by atomic mass is 9.92. The van der Waals surface area contributed by atoms with Gasteiger partial charge in [-0.15, -0.1) is 0 Å². The van der Waals surface area contributed by atoms with Crippen molar-refractivity contribution in [1.82, 2.24) is 20.1 Å². The van der Waals surface area contributed by atoms with E-state index in [1.54, 1.807) is 6.07 Å². The molecule has 2 saturated heterocycles. The molecule has 2 amide bonds. The maximum absolute atomic E-state index is 12.7. The summed E-state index contributed by atoms with van der Waals surface area (Å²) in [5.74, 6) is 3.09. The molecule has 2 atom stereocenters. The number of nitrogens with zero attached hydrogens (tertiary/aromatic N) is 4. The average molecular weight is 601 g/mol. The summed E-state index contributed by atoms with van der Waals surface area (Å²) in [5, 5.41) is 13.7. The number of carbonyl (C=O) groups excluding carboxylic acids is 2. The van der Waals surface area contributed by atoms with Crippen LogP contribution in [0.4, 0.5) is 11.6 Å². The summed E-state index contributed by atoms with van der Waals surface area (Å²) in [5.41, 5.74) is -1.32. The molecule has 2 N–H and O–H groups in total. The Bertz CT molecular complexity index is 1230. The zero-order chi connectivity index (χ0) is 32.4. The van der Waals surface area contributed by atoms with Crippen LogP contribution in [-0.2, 0) is 20.4 Å². The van der Waals surface area contributed by atoms with Gasteiger partial charge in [0.2, 0.25) is 11.8 Å². The number of anilines is 2. The maximum Gasteiger partial charge on any atom is 0.245 e. The van der Waals surface area contributed by atoms with Gasteiger partial charge in [0, 0.05) is 35.5 Å². The van der Waals surface area contributed by atoms with Gasteiger partial charge in [-0.25, -0.2) is 0 Å². The quantitative estimate of drug-likeness (QED) is 0.381. The first kappa shape index (κ1) is 34.8. The second-order valence-electron chi connectivity index (χ2n) is 15.6. The number of likely N-dealkylation sites (tertiary alicyclic amines) is 2. The van der Waals surface area contributed by atoms with Gasteiger partial charge >= 0.3 is 0 Å². The third-order valence-corrected chi connectivity index (χ3v) is 8.81. The molecule has 2 aromatic rings. The van der Waals surface area contributed by atoms with Gasteiger partial charge in [0.05, 0.1) is 11.1 Å². The van der Waals surface area contributed by atoms with Crippen LogP contribution in [0.15, 0.2) is 21.2 Å². The van der Waals surface area contributed by atoms with E-state index in [-0.39, 0.29) is 22.6 Å². The van der Waals surface area contributed by atoms with E-state index in [2.05, 4.69) is 86.1 Å². The Balaban J connectivity index is 0.000000236. The number of amides is 2. The van der Waals surface area contributed by atoms with Gasteiger partial charge in [-0.05, 0) is 79.3 Å². The van der Waals surface area contributed by atoms with E-state index >= 15 is 0 Å². The van der Waals surface area contributed by atoms with Gasteiger partial charge in [-0.2, -0.15) is 0 Å². The summed E-state index contributed by atoms with van der Waals surface area (Å²) >= 11 is 0. The summed E-state index contributed by atoms with van der Waals surface area (Å²) in [7, 11) is 0. The maximum atomic E-state index is 12.7. The van der Waals surface area contributed by atoms with Gasteiger partial charge in [0.1, 0.15) is 11.5 Å². The Kier molecular flexibility index (Phi) is 10.6. The van der Waals surface area contributed by atoms with Crippen LogP contribution in [0.25, 0.3) is 0 Å². The Morgan fingerprint density at radius 3 is 1.60 bits per heavy atom. The van der Waals surface area contributed by atoms with Crippen molar-refractivity contribution in [3.8, 4) is 0 Å². The molecule has 4 heterocycles. The van der Waals surface area contributed by atoms with E-state index in [1.807, 2.05) is 33.8 Å². The number of hydrogen-bond donors (Lipinski definition) is 2. The first-order chi connectivity index (χ1) is 19.7. The van der Waals surface area contributed by atoms with Crippen LogP contribution in [0.2, 0.25) is 0 Å². The summed E-state index contributed by atoms with van der Waals surface area (Å²) in [6, 6.07) is 4.06. The number of hydrogen-bond acceptors (Lipinski definition) is 8. The monoisotopic (exact) mass is 600 g/mol. The van der Waals surface area contributed by atoms with E-state index in [0.29, 0.717) is 23.6 Å². The second-order valence-corrected chi connectivity index (χ2v) is 15.6. The zero-order valence-corrected chi connectivity index (χ0v) is 28.7. The van der Waals surface area contributed by atoms with Crippen molar-refractivity contribution < 1.29 is 18.6 Å². The Morgan fingerprint density at radius 2 is 1.21 bits per heavy atom. The molecule has 43 heavy (non-hydrogen) atoms. The molecule has 0 saturated carbocycles. The highest BCUT2D eigenvalue weighted by atomic mass is 16.5. The number of nitrogens with one attached hydrogen (secondary N) is 2. The molecule has 2 unspecified atom stereocenters. The van der Waals surface area contributed by atoms with Crippen molar-refractivity contribution >= 4 is 23.5 Å². The molecular formula is C33H56N6O4. The highest BCUT2D eigenvalue weighted by Crippen LogP contribution is 2.30. The van der Waals surface area contributed by atoms with E-state index in [0.717, 1.165) is 50.4 Å². The third-order valence-electron chi connectivity index (χ3n) is 8.81. The van der Waals surface area contributed by atoms with Gasteiger partial charge in [0.15, 0.2) is 11.6 Å². The third kappa shape index (κ3) is 8.69. The van der Waals surface area contributed by atoms with Gasteiger partial charge < -0.3 is 19.7 Å². The molecule has 0 bridgehead atoms. The predicted molar refractivity (Wildman–Crippen MR) is 171 cm³/mol. The molecule has 2 aliphatic heterocycles. The van der Waals surface area contributed by atoms with Crippen molar-refractivity contribution in [3.05, 3.63) is 23.7 Å². The van der Waals surface area contributed by atoms with Crippen LogP contribution < -0.4 is 10.6 Å². The minimum atomic E-state index is -0.546. The van der Waals surface area contributed by atoms with Crippen molar-refractivity contribution in [1.29, 1.82) is 0 Å². The van der Waals surface area contributed by atoms with E-state index in [4.69, 9.17) is 9.05 Å². The predicted octanol–water partition coefficient (Wildman–Crippen LogP) is 6.59. The Labute approximate surface area is 258 Å². The van der Waals surface area contributed by atoms with Crippen LogP contribution in [0.3, 0.4) is 0 Å². The summed E-state index contributed by atoms with van der Waals surface area (Å²) < 4.78 is 10.6. The van der Waals surface area contributed by atoms with Crippen LogP contribution in [0.5, 0.6) is 0 Å². The van der Waals surface area contributed by atoms with E-state index in [9.17, 15) is 9.59 Å². The Hall–Kier alpha value is -2.72. The molecule has 4 rings (SSSR count). The standard InChI is InChI=1S/C17H29N3O2.C16H27N3O2/c1-12-8-7-9-20(11-12)17(5,6)15(21)18-14-10-13(22-19-14)16(2,3)4;1-11-8-7-9-19(11)16(5,6)14(20)17-13-10-12(21-18-13)15(2,3)4/h10,12H,7-9,11H2,1-6H3,(H,18,19,21);10-11H,7-9H2,1-6H3,(H,17,18,20). The zero-order valence-electron chi connectivity index (χ0n) is 28.7. The molecule has 2 aliphatic rings. The first-order valence-electron chi connectivity index (χ1n) is 15.8.